The molecule has 0 radical (unpaired) electrons. The molecule has 0 amide bonds. The third-order valence-corrected chi connectivity index (χ3v) is 4.86. The van der Waals surface area contributed by atoms with Crippen LogP contribution in [0.3, 0.4) is 0 Å². The van der Waals surface area contributed by atoms with E-state index in [0.29, 0.717) is 17.4 Å². The molecule has 0 aromatic rings. The van der Waals surface area contributed by atoms with E-state index in [-0.39, 0.29) is 12.2 Å². The van der Waals surface area contributed by atoms with Gasteiger partial charge in [-0.1, -0.05) is 19.9 Å². The van der Waals surface area contributed by atoms with E-state index in [1.807, 2.05) is 0 Å². The molecule has 3 atom stereocenters. The number of ether oxygens (including phenoxy) is 2. The van der Waals surface area contributed by atoms with Gasteiger partial charge in [0.1, 0.15) is 5.60 Å². The van der Waals surface area contributed by atoms with Crippen molar-refractivity contribution in [1.29, 1.82) is 0 Å². The van der Waals surface area contributed by atoms with Gasteiger partial charge in [0.05, 0.1) is 0 Å². The van der Waals surface area contributed by atoms with E-state index in [1.165, 1.54) is 12.8 Å². The van der Waals surface area contributed by atoms with Gasteiger partial charge in [-0.15, -0.1) is 0 Å². The van der Waals surface area contributed by atoms with Gasteiger partial charge in [-0.25, -0.2) is 9.59 Å². The second kappa shape index (κ2) is 6.63. The molecular formula is C17H26O4. The number of carbonyl (C=O) groups is 2. The average Bonchev–Trinajstić information content (AvgIpc) is 3.03. The second-order valence-corrected chi connectivity index (χ2v) is 6.58. The fourth-order valence-corrected chi connectivity index (χ4v) is 3.86. The van der Waals surface area contributed by atoms with Crippen molar-refractivity contribution >= 4 is 11.9 Å². The van der Waals surface area contributed by atoms with Gasteiger partial charge in [0.2, 0.25) is 0 Å². The van der Waals surface area contributed by atoms with Gasteiger partial charge < -0.3 is 9.47 Å². The van der Waals surface area contributed by atoms with Crippen LogP contribution in [0.15, 0.2) is 12.2 Å². The van der Waals surface area contributed by atoms with Crippen LogP contribution in [0.4, 0.5) is 0 Å². The van der Waals surface area contributed by atoms with Crippen molar-refractivity contribution in [3.63, 3.8) is 0 Å². The van der Waals surface area contributed by atoms with Gasteiger partial charge in [-0.3, -0.25) is 0 Å². The van der Waals surface area contributed by atoms with Gasteiger partial charge in [-0.05, 0) is 57.3 Å². The Morgan fingerprint density at radius 3 is 2.62 bits per heavy atom. The predicted molar refractivity (Wildman–Crippen MR) is 79.6 cm³/mol. The number of hydrogen-bond donors (Lipinski definition) is 0. The summed E-state index contributed by atoms with van der Waals surface area (Å²) in [7, 11) is 0. The van der Waals surface area contributed by atoms with Crippen molar-refractivity contribution < 1.29 is 19.1 Å². The Labute approximate surface area is 126 Å². The minimum atomic E-state index is -0.539. The first-order valence-electron chi connectivity index (χ1n) is 8.01. The molecule has 4 nitrogen and oxygen atoms in total. The van der Waals surface area contributed by atoms with Crippen molar-refractivity contribution in [2.24, 2.45) is 11.8 Å². The van der Waals surface area contributed by atoms with Crippen molar-refractivity contribution in [2.75, 3.05) is 6.61 Å². The fraction of sp³-hybridized carbons (Fsp3) is 0.765. The lowest BCUT2D eigenvalue weighted by Gasteiger charge is -2.37. The molecule has 0 aromatic carbocycles. The lowest BCUT2D eigenvalue weighted by molar-refractivity contribution is -0.175. The average molecular weight is 294 g/mol. The first-order valence-corrected chi connectivity index (χ1v) is 8.01. The summed E-state index contributed by atoms with van der Waals surface area (Å²) in [6.07, 6.45) is 7.70. The number of unbranched alkanes of at least 4 members (excludes halogenated alkanes) is 1. The molecule has 0 aromatic heterocycles. The molecule has 118 valence electrons. The monoisotopic (exact) mass is 294 g/mol. The molecule has 2 aliphatic carbocycles. The maximum atomic E-state index is 12.0. The normalized spacial score (nSPS) is 30.2. The first-order chi connectivity index (χ1) is 9.97. The van der Waals surface area contributed by atoms with Crippen LogP contribution in [0.25, 0.3) is 0 Å². The van der Waals surface area contributed by atoms with Crippen molar-refractivity contribution in [1.82, 2.24) is 0 Å². The highest BCUT2D eigenvalue weighted by Gasteiger charge is 2.53. The van der Waals surface area contributed by atoms with Gasteiger partial charge >= 0.3 is 11.9 Å². The zero-order chi connectivity index (χ0) is 15.5. The summed E-state index contributed by atoms with van der Waals surface area (Å²) in [5.41, 5.74) is -0.00513. The summed E-state index contributed by atoms with van der Waals surface area (Å²) in [5, 5.41) is 0. The van der Waals surface area contributed by atoms with E-state index in [2.05, 4.69) is 13.5 Å². The summed E-state index contributed by atoms with van der Waals surface area (Å²) in [5.74, 6) is 0.239. The standard InChI is InChI=1S/C17H26O4/c1-4-5-8-17(10-13-6-7-14(17)9-13)21-15(18)11-20-16(19)12(2)3/h13-14H,2,4-11H2,1,3H3. The minimum Gasteiger partial charge on any atom is -0.456 e. The van der Waals surface area contributed by atoms with Crippen LogP contribution >= 0.6 is 0 Å². The summed E-state index contributed by atoms with van der Waals surface area (Å²) >= 11 is 0. The molecule has 2 fully saturated rings. The number of rotatable bonds is 7. The second-order valence-electron chi connectivity index (χ2n) is 6.58. The lowest BCUT2D eigenvalue weighted by Crippen LogP contribution is -2.41. The molecule has 2 aliphatic rings. The molecule has 21 heavy (non-hydrogen) atoms. The molecule has 2 saturated carbocycles. The molecule has 0 N–H and O–H groups in total. The van der Waals surface area contributed by atoms with Crippen molar-refractivity contribution in [2.45, 2.75) is 64.4 Å². The fourth-order valence-electron chi connectivity index (χ4n) is 3.86. The quantitative estimate of drug-likeness (QED) is 0.533. The van der Waals surface area contributed by atoms with Crippen LogP contribution < -0.4 is 0 Å². The zero-order valence-electron chi connectivity index (χ0n) is 13.2. The Balaban J connectivity index is 1.91. The Morgan fingerprint density at radius 2 is 2.10 bits per heavy atom. The predicted octanol–water partition coefficient (Wildman–Crippen LogP) is 3.40. The number of fused-ring (bicyclic) bond motifs is 2. The Morgan fingerprint density at radius 1 is 1.33 bits per heavy atom. The van der Waals surface area contributed by atoms with E-state index in [9.17, 15) is 9.59 Å². The molecular weight excluding hydrogens is 268 g/mol. The molecule has 0 heterocycles. The topological polar surface area (TPSA) is 52.6 Å². The van der Waals surface area contributed by atoms with Gasteiger partial charge in [0.15, 0.2) is 6.61 Å². The van der Waals surface area contributed by atoms with Crippen LogP contribution in [-0.2, 0) is 19.1 Å². The van der Waals surface area contributed by atoms with Gasteiger partial charge in [0, 0.05) is 5.57 Å². The molecule has 3 unspecified atom stereocenters. The minimum absolute atomic E-state index is 0.295. The van der Waals surface area contributed by atoms with E-state index in [4.69, 9.17) is 9.47 Å². The number of carbonyl (C=O) groups excluding carboxylic acids is 2. The molecule has 2 rings (SSSR count). The highest BCUT2D eigenvalue weighted by Crippen LogP contribution is 2.54. The third-order valence-electron chi connectivity index (χ3n) is 4.86. The molecule has 2 bridgehead atoms. The van der Waals surface area contributed by atoms with E-state index >= 15 is 0 Å². The highest BCUT2D eigenvalue weighted by atomic mass is 16.6. The van der Waals surface area contributed by atoms with Crippen LogP contribution in [0.1, 0.15) is 58.8 Å². The van der Waals surface area contributed by atoms with E-state index < -0.39 is 11.9 Å². The molecule has 0 aliphatic heterocycles. The smallest absolute Gasteiger partial charge is 0.344 e. The van der Waals surface area contributed by atoms with Gasteiger partial charge in [0.25, 0.3) is 0 Å². The Bertz CT molecular complexity index is 429. The number of esters is 2. The number of hydrogen-bond acceptors (Lipinski definition) is 4. The summed E-state index contributed by atoms with van der Waals surface area (Å²) in [6.45, 7) is 6.90. The van der Waals surface area contributed by atoms with Crippen LogP contribution in [0.2, 0.25) is 0 Å². The van der Waals surface area contributed by atoms with E-state index in [1.54, 1.807) is 6.92 Å². The van der Waals surface area contributed by atoms with Crippen molar-refractivity contribution in [3.8, 4) is 0 Å². The zero-order valence-corrected chi connectivity index (χ0v) is 13.2. The molecule has 0 saturated heterocycles. The molecule has 0 spiro atoms. The largest absolute Gasteiger partial charge is 0.456 e. The van der Waals surface area contributed by atoms with Crippen LogP contribution in [-0.4, -0.2) is 24.1 Å². The van der Waals surface area contributed by atoms with Crippen molar-refractivity contribution in [3.05, 3.63) is 12.2 Å². The van der Waals surface area contributed by atoms with Crippen LogP contribution in [0.5, 0.6) is 0 Å². The molecule has 4 heteroatoms. The van der Waals surface area contributed by atoms with E-state index in [0.717, 1.165) is 32.1 Å². The highest BCUT2D eigenvalue weighted by molar-refractivity contribution is 5.88. The summed E-state index contributed by atoms with van der Waals surface area (Å²) < 4.78 is 10.7. The summed E-state index contributed by atoms with van der Waals surface area (Å²) in [4.78, 5) is 23.4. The Kier molecular flexibility index (Phi) is 5.07. The lowest BCUT2D eigenvalue weighted by atomic mass is 9.80. The maximum Gasteiger partial charge on any atom is 0.344 e. The van der Waals surface area contributed by atoms with Crippen LogP contribution in [0, 0.1) is 11.8 Å². The maximum absolute atomic E-state index is 12.0. The third kappa shape index (κ3) is 3.66. The SMILES string of the molecule is C=C(C)C(=O)OCC(=O)OC1(CCCC)CC2CCC1C2. The Hall–Kier alpha value is -1.32. The summed E-state index contributed by atoms with van der Waals surface area (Å²) in [6, 6.07) is 0. The first kappa shape index (κ1) is 16.1. The van der Waals surface area contributed by atoms with Gasteiger partial charge in [-0.2, -0.15) is 0 Å².